The summed E-state index contributed by atoms with van der Waals surface area (Å²) in [6, 6.07) is 2.99. The molecule has 1 fully saturated rings. The lowest BCUT2D eigenvalue weighted by Crippen LogP contribution is -2.35. The standard InChI is InChI=1S/C14H23BrN2S/c1-14(2,13-8-11(15)9-18-13)10-16-7-5-12-4-3-6-17-12/h8-9,12,16-17H,3-7,10H2,1-2H3. The average molecular weight is 331 g/mol. The van der Waals surface area contributed by atoms with Crippen LogP contribution in [0.15, 0.2) is 15.9 Å². The van der Waals surface area contributed by atoms with Gasteiger partial charge in [-0.15, -0.1) is 11.3 Å². The molecule has 0 amide bonds. The second-order valence-electron chi connectivity index (χ2n) is 5.77. The normalized spacial score (nSPS) is 20.5. The van der Waals surface area contributed by atoms with Crippen LogP contribution in [0.2, 0.25) is 0 Å². The van der Waals surface area contributed by atoms with Gasteiger partial charge in [-0.25, -0.2) is 0 Å². The summed E-state index contributed by atoms with van der Waals surface area (Å²) in [5, 5.41) is 9.32. The van der Waals surface area contributed by atoms with Gasteiger partial charge in [-0.2, -0.15) is 0 Å². The van der Waals surface area contributed by atoms with Crippen LogP contribution in [0.5, 0.6) is 0 Å². The van der Waals surface area contributed by atoms with Gasteiger partial charge < -0.3 is 10.6 Å². The molecule has 18 heavy (non-hydrogen) atoms. The van der Waals surface area contributed by atoms with E-state index in [1.54, 1.807) is 0 Å². The van der Waals surface area contributed by atoms with E-state index in [0.717, 1.165) is 19.1 Å². The molecule has 2 nitrogen and oxygen atoms in total. The van der Waals surface area contributed by atoms with Crippen molar-refractivity contribution in [1.29, 1.82) is 0 Å². The van der Waals surface area contributed by atoms with Crippen molar-refractivity contribution in [3.8, 4) is 0 Å². The maximum atomic E-state index is 3.61. The number of nitrogens with one attached hydrogen (secondary N) is 2. The smallest absolute Gasteiger partial charge is 0.0285 e. The van der Waals surface area contributed by atoms with E-state index in [4.69, 9.17) is 0 Å². The molecule has 2 N–H and O–H groups in total. The minimum atomic E-state index is 0.222. The van der Waals surface area contributed by atoms with E-state index >= 15 is 0 Å². The molecule has 2 rings (SSSR count). The maximum Gasteiger partial charge on any atom is 0.0285 e. The Bertz CT molecular complexity index is 370. The number of rotatable bonds is 6. The van der Waals surface area contributed by atoms with Crippen molar-refractivity contribution in [3.63, 3.8) is 0 Å². The Hall–Kier alpha value is 0.1000. The van der Waals surface area contributed by atoms with Gasteiger partial charge in [-0.3, -0.25) is 0 Å². The van der Waals surface area contributed by atoms with Crippen LogP contribution >= 0.6 is 27.3 Å². The molecule has 1 atom stereocenters. The average Bonchev–Trinajstić information content (AvgIpc) is 2.95. The van der Waals surface area contributed by atoms with Crippen molar-refractivity contribution in [3.05, 3.63) is 20.8 Å². The first-order valence-electron chi connectivity index (χ1n) is 6.76. The molecule has 1 saturated heterocycles. The molecule has 1 aliphatic rings. The highest BCUT2D eigenvalue weighted by Gasteiger charge is 2.22. The fraction of sp³-hybridized carbons (Fsp3) is 0.714. The summed E-state index contributed by atoms with van der Waals surface area (Å²) >= 11 is 5.37. The molecule has 1 unspecified atom stereocenters. The largest absolute Gasteiger partial charge is 0.316 e. The number of hydrogen-bond acceptors (Lipinski definition) is 3. The summed E-state index contributed by atoms with van der Waals surface area (Å²) in [5.74, 6) is 0. The molecule has 0 aliphatic carbocycles. The van der Waals surface area contributed by atoms with Crippen LogP contribution in [-0.4, -0.2) is 25.7 Å². The second-order valence-corrected chi connectivity index (χ2v) is 7.60. The van der Waals surface area contributed by atoms with Gasteiger partial charge in [-0.05, 0) is 54.3 Å². The van der Waals surface area contributed by atoms with Crippen LogP contribution in [-0.2, 0) is 5.41 Å². The first-order chi connectivity index (χ1) is 8.58. The van der Waals surface area contributed by atoms with Crippen LogP contribution in [0.4, 0.5) is 0 Å². The van der Waals surface area contributed by atoms with Gasteiger partial charge in [0.2, 0.25) is 0 Å². The van der Waals surface area contributed by atoms with Crippen LogP contribution in [0.3, 0.4) is 0 Å². The van der Waals surface area contributed by atoms with Crippen molar-refractivity contribution in [2.24, 2.45) is 0 Å². The lowest BCUT2D eigenvalue weighted by molar-refractivity contribution is 0.452. The fourth-order valence-electron chi connectivity index (χ4n) is 2.44. The Morgan fingerprint density at radius 2 is 2.39 bits per heavy atom. The zero-order valence-electron chi connectivity index (χ0n) is 11.3. The van der Waals surface area contributed by atoms with Gasteiger partial charge in [0.25, 0.3) is 0 Å². The molecular weight excluding hydrogens is 308 g/mol. The fourth-order valence-corrected chi connectivity index (χ4v) is 3.99. The Balaban J connectivity index is 1.71. The van der Waals surface area contributed by atoms with E-state index in [-0.39, 0.29) is 5.41 Å². The third kappa shape index (κ3) is 4.05. The summed E-state index contributed by atoms with van der Waals surface area (Å²) < 4.78 is 1.20. The molecule has 1 aliphatic heterocycles. The summed E-state index contributed by atoms with van der Waals surface area (Å²) in [5.41, 5.74) is 0.222. The summed E-state index contributed by atoms with van der Waals surface area (Å²) in [6.07, 6.45) is 3.95. The third-order valence-corrected chi connectivity index (χ3v) is 5.69. The molecular formula is C14H23BrN2S. The first-order valence-corrected chi connectivity index (χ1v) is 8.44. The van der Waals surface area contributed by atoms with Crippen molar-refractivity contribution in [1.82, 2.24) is 10.6 Å². The van der Waals surface area contributed by atoms with E-state index in [2.05, 4.69) is 51.9 Å². The molecule has 0 radical (unpaired) electrons. The first kappa shape index (κ1) is 14.5. The van der Waals surface area contributed by atoms with Crippen molar-refractivity contribution in [2.75, 3.05) is 19.6 Å². The quantitative estimate of drug-likeness (QED) is 0.780. The molecule has 4 heteroatoms. The lowest BCUT2D eigenvalue weighted by Gasteiger charge is -2.24. The third-order valence-electron chi connectivity index (χ3n) is 3.63. The Morgan fingerprint density at radius 3 is 3.00 bits per heavy atom. The maximum absolute atomic E-state index is 3.61. The topological polar surface area (TPSA) is 24.1 Å². The van der Waals surface area contributed by atoms with Crippen LogP contribution in [0.1, 0.15) is 38.0 Å². The minimum absolute atomic E-state index is 0.222. The van der Waals surface area contributed by atoms with Crippen molar-refractivity contribution >= 4 is 27.3 Å². The summed E-state index contributed by atoms with van der Waals surface area (Å²) in [4.78, 5) is 1.45. The van der Waals surface area contributed by atoms with Crippen LogP contribution in [0.25, 0.3) is 0 Å². The molecule has 1 aromatic heterocycles. The Kier molecular flexibility index (Phi) is 5.24. The zero-order valence-corrected chi connectivity index (χ0v) is 13.7. The van der Waals surface area contributed by atoms with Gasteiger partial charge in [0.1, 0.15) is 0 Å². The minimum Gasteiger partial charge on any atom is -0.316 e. The van der Waals surface area contributed by atoms with Gasteiger partial charge in [0, 0.05) is 32.7 Å². The van der Waals surface area contributed by atoms with Gasteiger partial charge in [0.15, 0.2) is 0 Å². The molecule has 0 saturated carbocycles. The number of hydrogen-bond donors (Lipinski definition) is 2. The highest BCUT2D eigenvalue weighted by Crippen LogP contribution is 2.30. The molecule has 0 bridgehead atoms. The van der Waals surface area contributed by atoms with Crippen molar-refractivity contribution < 1.29 is 0 Å². The molecule has 2 heterocycles. The summed E-state index contributed by atoms with van der Waals surface area (Å²) in [6.45, 7) is 8.00. The van der Waals surface area contributed by atoms with Gasteiger partial charge >= 0.3 is 0 Å². The van der Waals surface area contributed by atoms with Crippen LogP contribution in [0, 0.1) is 0 Å². The number of thiophene rings is 1. The van der Waals surface area contributed by atoms with E-state index < -0.39 is 0 Å². The molecule has 0 aromatic carbocycles. The Morgan fingerprint density at radius 1 is 1.56 bits per heavy atom. The lowest BCUT2D eigenvalue weighted by atomic mass is 9.91. The molecule has 0 spiro atoms. The van der Waals surface area contributed by atoms with E-state index in [9.17, 15) is 0 Å². The van der Waals surface area contributed by atoms with Gasteiger partial charge in [-0.1, -0.05) is 13.8 Å². The highest BCUT2D eigenvalue weighted by atomic mass is 79.9. The SMILES string of the molecule is CC(C)(CNCCC1CCCN1)c1cc(Br)cs1. The molecule has 1 aromatic rings. The zero-order chi connectivity index (χ0) is 13.0. The monoisotopic (exact) mass is 330 g/mol. The molecule has 102 valence electrons. The second kappa shape index (κ2) is 6.51. The summed E-state index contributed by atoms with van der Waals surface area (Å²) in [7, 11) is 0. The Labute approximate surface area is 123 Å². The van der Waals surface area contributed by atoms with E-state index in [0.29, 0.717) is 0 Å². The predicted octanol–water partition coefficient (Wildman–Crippen LogP) is 3.52. The van der Waals surface area contributed by atoms with E-state index in [1.165, 1.54) is 35.2 Å². The van der Waals surface area contributed by atoms with Gasteiger partial charge in [0.05, 0.1) is 0 Å². The van der Waals surface area contributed by atoms with Crippen LogP contribution < -0.4 is 10.6 Å². The predicted molar refractivity (Wildman–Crippen MR) is 83.6 cm³/mol. The van der Waals surface area contributed by atoms with Crippen molar-refractivity contribution in [2.45, 2.75) is 44.6 Å². The highest BCUT2D eigenvalue weighted by molar-refractivity contribution is 9.10. The number of halogens is 1. The van der Waals surface area contributed by atoms with E-state index in [1.807, 2.05) is 11.3 Å².